The number of rotatable bonds is 51. The molecule has 2 saturated heterocycles. The smallest absolute Gasteiger partial charge is 0.220 e. The molecular formula is C69H117NO13. The Kier molecular flexibility index (Phi) is 48.3. The van der Waals surface area contributed by atoms with Gasteiger partial charge in [0.15, 0.2) is 12.6 Å². The van der Waals surface area contributed by atoms with Crippen molar-refractivity contribution in [3.8, 4) is 0 Å². The Bertz CT molecular complexity index is 1810. The van der Waals surface area contributed by atoms with Gasteiger partial charge in [-0.25, -0.2) is 0 Å². The Morgan fingerprint density at radius 1 is 0.446 bits per heavy atom. The summed E-state index contributed by atoms with van der Waals surface area (Å²) in [4.78, 5) is 13.3. The van der Waals surface area contributed by atoms with Gasteiger partial charge >= 0.3 is 0 Å². The SMILES string of the molecule is CC/C=C\C/C=C\C/C=C\C/C=C\C/C=C\C/C=C\CCCCC(=O)NC(COC1OC(CO)C(OC2OC(CO)C(O)C(O)C2O)C(O)C1O)C(O)/C=C/CC/C=C/CC/C=C/CCCCCCCCCCCCCCCCCCCC. The van der Waals surface area contributed by atoms with Crippen LogP contribution in [0.25, 0.3) is 0 Å². The van der Waals surface area contributed by atoms with Crippen LogP contribution in [0.4, 0.5) is 0 Å². The number of hydrogen-bond acceptors (Lipinski definition) is 13. The molecule has 0 aromatic rings. The van der Waals surface area contributed by atoms with Crippen LogP contribution >= 0.6 is 0 Å². The van der Waals surface area contributed by atoms with E-state index in [0.29, 0.717) is 12.8 Å². The number of aliphatic hydroxyl groups excluding tert-OH is 8. The highest BCUT2D eigenvalue weighted by atomic mass is 16.7. The molecule has 14 nitrogen and oxygen atoms in total. The standard InChI is InChI=1S/C69H117NO13/c1-3-5-7-9-11-13-15-17-19-21-23-25-26-27-28-29-30-31-33-34-36-38-40-42-44-46-48-50-52-58(73)57(56-80-68-66(79)64(77)67(60(55-72)82-68)83-69-65(78)63(76)62(75)59(54-71)81-69)70-61(74)53-51-49-47-45-43-41-39-37-35-32-24-22-20-18-16-14-12-10-8-6-4-2/h6,8,12,14,18,20,24,32,34,36-37,39,42-45,50,52,57-60,62-69,71-73,75-79H,3-5,7,9-11,13,15-17,19,21-23,25-31,33,35,38,40-41,46-49,51,53-56H2,1-2H3,(H,70,74)/b8-6-,14-12-,20-18-,32-24-,36-34+,39-37-,44-42+,45-43-,52-50+. The molecule has 2 aliphatic heterocycles. The summed E-state index contributed by atoms with van der Waals surface area (Å²) >= 11 is 0. The van der Waals surface area contributed by atoms with Crippen LogP contribution in [-0.2, 0) is 23.7 Å². The Hall–Kier alpha value is -3.35. The minimum atomic E-state index is -1.80. The summed E-state index contributed by atoms with van der Waals surface area (Å²) in [6, 6.07) is -0.970. The van der Waals surface area contributed by atoms with E-state index < -0.39 is 86.8 Å². The molecule has 12 atom stereocenters. The van der Waals surface area contributed by atoms with Crippen molar-refractivity contribution >= 4 is 5.91 Å². The zero-order valence-electron chi connectivity index (χ0n) is 51.4. The highest BCUT2D eigenvalue weighted by molar-refractivity contribution is 5.76. The number of aliphatic hydroxyl groups is 8. The Balaban J connectivity index is 1.77. The molecule has 9 N–H and O–H groups in total. The van der Waals surface area contributed by atoms with Gasteiger partial charge < -0.3 is 65.1 Å². The van der Waals surface area contributed by atoms with Gasteiger partial charge in [-0.3, -0.25) is 4.79 Å². The molecule has 83 heavy (non-hydrogen) atoms. The summed E-state index contributed by atoms with van der Waals surface area (Å²) < 4.78 is 22.8. The molecule has 0 bridgehead atoms. The normalized spacial score (nSPS) is 24.6. The van der Waals surface area contributed by atoms with Crippen LogP contribution in [0.1, 0.15) is 226 Å². The van der Waals surface area contributed by atoms with E-state index in [9.17, 15) is 45.6 Å². The fourth-order valence-electron chi connectivity index (χ4n) is 9.97. The van der Waals surface area contributed by atoms with Crippen LogP contribution in [0.3, 0.4) is 0 Å². The van der Waals surface area contributed by atoms with Crippen molar-refractivity contribution in [1.29, 1.82) is 0 Å². The van der Waals surface area contributed by atoms with Crippen molar-refractivity contribution in [3.63, 3.8) is 0 Å². The lowest BCUT2D eigenvalue weighted by molar-refractivity contribution is -0.359. The molecule has 0 aromatic heterocycles. The summed E-state index contributed by atoms with van der Waals surface area (Å²) in [5.74, 6) is -0.299. The lowest BCUT2D eigenvalue weighted by Crippen LogP contribution is -2.65. The first kappa shape index (κ1) is 75.7. The van der Waals surface area contributed by atoms with Crippen molar-refractivity contribution in [2.45, 2.75) is 299 Å². The largest absolute Gasteiger partial charge is 0.394 e. The van der Waals surface area contributed by atoms with Gasteiger partial charge in [-0.1, -0.05) is 232 Å². The molecule has 2 aliphatic rings. The average molecular weight is 1170 g/mol. The summed E-state index contributed by atoms with van der Waals surface area (Å²) in [5, 5.41) is 87.2. The number of carbonyl (C=O) groups excluding carboxylic acids is 1. The van der Waals surface area contributed by atoms with Crippen molar-refractivity contribution in [2.75, 3.05) is 19.8 Å². The number of hydrogen-bond donors (Lipinski definition) is 9. The van der Waals surface area contributed by atoms with Crippen molar-refractivity contribution in [1.82, 2.24) is 5.32 Å². The molecule has 2 rings (SSSR count). The van der Waals surface area contributed by atoms with Crippen LogP contribution in [0.15, 0.2) is 109 Å². The quantitative estimate of drug-likeness (QED) is 0.0204. The molecule has 14 heteroatoms. The van der Waals surface area contributed by atoms with Gasteiger partial charge in [0.25, 0.3) is 0 Å². The third-order valence-corrected chi connectivity index (χ3v) is 15.2. The minimum absolute atomic E-state index is 0.208. The van der Waals surface area contributed by atoms with Crippen LogP contribution in [-0.4, -0.2) is 140 Å². The van der Waals surface area contributed by atoms with Gasteiger partial charge in [0.1, 0.15) is 48.8 Å². The Morgan fingerprint density at radius 2 is 0.843 bits per heavy atom. The van der Waals surface area contributed by atoms with E-state index in [1.165, 1.54) is 116 Å². The fourth-order valence-corrected chi connectivity index (χ4v) is 9.97. The van der Waals surface area contributed by atoms with Crippen molar-refractivity contribution in [2.24, 2.45) is 0 Å². The van der Waals surface area contributed by atoms with Crippen LogP contribution < -0.4 is 5.32 Å². The van der Waals surface area contributed by atoms with Crippen molar-refractivity contribution in [3.05, 3.63) is 109 Å². The topological polar surface area (TPSA) is 228 Å². The first-order valence-corrected chi connectivity index (χ1v) is 32.6. The van der Waals surface area contributed by atoms with E-state index in [1.54, 1.807) is 6.08 Å². The summed E-state index contributed by atoms with van der Waals surface area (Å²) in [6.45, 7) is 2.63. The third-order valence-electron chi connectivity index (χ3n) is 15.2. The van der Waals surface area contributed by atoms with E-state index in [1.807, 2.05) is 6.08 Å². The zero-order valence-corrected chi connectivity index (χ0v) is 51.4. The third kappa shape index (κ3) is 37.7. The summed E-state index contributed by atoms with van der Waals surface area (Å²) in [6.07, 6.45) is 58.6. The maximum atomic E-state index is 13.3. The second kappa shape index (κ2) is 52.9. The first-order chi connectivity index (χ1) is 40.6. The molecule has 0 spiro atoms. The van der Waals surface area contributed by atoms with Gasteiger partial charge in [-0.05, 0) is 96.3 Å². The second-order valence-corrected chi connectivity index (χ2v) is 22.5. The summed E-state index contributed by atoms with van der Waals surface area (Å²) in [5.41, 5.74) is 0. The van der Waals surface area contributed by atoms with E-state index in [4.69, 9.17) is 18.9 Å². The van der Waals surface area contributed by atoms with Gasteiger partial charge in [0, 0.05) is 6.42 Å². The number of unbranched alkanes of at least 4 members (excludes halogenated alkanes) is 22. The Labute approximate surface area is 502 Å². The van der Waals surface area contributed by atoms with Gasteiger partial charge in [0.05, 0.1) is 32.0 Å². The van der Waals surface area contributed by atoms with E-state index >= 15 is 0 Å². The van der Waals surface area contributed by atoms with E-state index in [0.717, 1.165) is 77.0 Å². The molecule has 2 heterocycles. The second-order valence-electron chi connectivity index (χ2n) is 22.5. The predicted molar refractivity (Wildman–Crippen MR) is 336 cm³/mol. The summed E-state index contributed by atoms with van der Waals surface area (Å²) in [7, 11) is 0. The molecular weight excluding hydrogens is 1050 g/mol. The monoisotopic (exact) mass is 1170 g/mol. The molecule has 12 unspecified atom stereocenters. The van der Waals surface area contributed by atoms with Gasteiger partial charge in [-0.15, -0.1) is 0 Å². The Morgan fingerprint density at radius 3 is 1.33 bits per heavy atom. The van der Waals surface area contributed by atoms with Crippen molar-refractivity contribution < 1.29 is 64.6 Å². The lowest BCUT2D eigenvalue weighted by Gasteiger charge is -2.46. The highest BCUT2D eigenvalue weighted by Crippen LogP contribution is 2.30. The average Bonchev–Trinajstić information content (AvgIpc) is 3.59. The zero-order chi connectivity index (χ0) is 60.2. The predicted octanol–water partition coefficient (Wildman–Crippen LogP) is 12.4. The fraction of sp³-hybridized carbons (Fsp3) is 0.725. The van der Waals surface area contributed by atoms with E-state index in [2.05, 4.69) is 116 Å². The van der Waals surface area contributed by atoms with Gasteiger partial charge in [0.2, 0.25) is 5.91 Å². The highest BCUT2D eigenvalue weighted by Gasteiger charge is 2.51. The number of ether oxygens (including phenoxy) is 4. The van der Waals surface area contributed by atoms with Crippen LogP contribution in [0.2, 0.25) is 0 Å². The molecule has 0 aliphatic carbocycles. The molecule has 0 aromatic carbocycles. The minimum Gasteiger partial charge on any atom is -0.394 e. The molecule has 0 radical (unpaired) electrons. The van der Waals surface area contributed by atoms with E-state index in [-0.39, 0.29) is 18.9 Å². The molecule has 1 amide bonds. The lowest BCUT2D eigenvalue weighted by atomic mass is 9.97. The number of amides is 1. The van der Waals surface area contributed by atoms with Crippen LogP contribution in [0.5, 0.6) is 0 Å². The number of carbonyl (C=O) groups is 1. The van der Waals surface area contributed by atoms with Crippen LogP contribution in [0, 0.1) is 0 Å². The maximum Gasteiger partial charge on any atom is 0.220 e. The first-order valence-electron chi connectivity index (χ1n) is 32.6. The maximum absolute atomic E-state index is 13.3. The number of allylic oxidation sites excluding steroid dienone is 17. The molecule has 476 valence electrons. The molecule has 0 saturated carbocycles. The number of nitrogens with one attached hydrogen (secondary N) is 1. The van der Waals surface area contributed by atoms with Gasteiger partial charge in [-0.2, -0.15) is 0 Å². The molecule has 2 fully saturated rings.